The number of ether oxygens (including phenoxy) is 1. The quantitative estimate of drug-likeness (QED) is 0.851. The van der Waals surface area contributed by atoms with Crippen LogP contribution in [0.25, 0.3) is 11.1 Å². The number of hydrogen-bond donors (Lipinski definition) is 1. The molecule has 0 unspecified atom stereocenters. The first kappa shape index (κ1) is 14.2. The van der Waals surface area contributed by atoms with Crippen LogP contribution in [-0.2, 0) is 6.54 Å². The molecule has 0 bridgehead atoms. The van der Waals surface area contributed by atoms with Crippen molar-refractivity contribution in [3.63, 3.8) is 0 Å². The summed E-state index contributed by atoms with van der Waals surface area (Å²) in [7, 11) is 0. The Bertz CT molecular complexity index is 599. The molecule has 1 fully saturated rings. The average molecular weight is 281 g/mol. The molecule has 2 heteroatoms. The van der Waals surface area contributed by atoms with Gasteiger partial charge in [-0.2, -0.15) is 0 Å². The highest BCUT2D eigenvalue weighted by Crippen LogP contribution is 2.27. The molecule has 2 nitrogen and oxygen atoms in total. The fraction of sp³-hybridized carbons (Fsp3) is 0.368. The van der Waals surface area contributed by atoms with Crippen LogP contribution in [0, 0.1) is 6.92 Å². The second kappa shape index (κ2) is 6.31. The van der Waals surface area contributed by atoms with Crippen LogP contribution in [0.3, 0.4) is 0 Å². The van der Waals surface area contributed by atoms with Crippen molar-refractivity contribution in [3.05, 3.63) is 53.6 Å². The summed E-state index contributed by atoms with van der Waals surface area (Å²) < 4.78 is 5.51. The lowest BCUT2D eigenvalue weighted by Gasteiger charge is -2.11. The molecule has 0 radical (unpaired) electrons. The normalized spacial score (nSPS) is 14.2. The van der Waals surface area contributed by atoms with Gasteiger partial charge < -0.3 is 10.1 Å². The lowest BCUT2D eigenvalue weighted by Crippen LogP contribution is -2.15. The van der Waals surface area contributed by atoms with E-state index in [4.69, 9.17) is 4.74 Å². The topological polar surface area (TPSA) is 21.3 Å². The van der Waals surface area contributed by atoms with Gasteiger partial charge in [0.1, 0.15) is 5.75 Å². The summed E-state index contributed by atoms with van der Waals surface area (Å²) in [6, 6.07) is 15.9. The Morgan fingerprint density at radius 2 is 1.86 bits per heavy atom. The molecule has 3 rings (SSSR count). The van der Waals surface area contributed by atoms with Crippen LogP contribution in [0.15, 0.2) is 42.5 Å². The first-order chi connectivity index (χ1) is 10.3. The Labute approximate surface area is 127 Å². The van der Waals surface area contributed by atoms with Crippen molar-refractivity contribution < 1.29 is 4.74 Å². The molecule has 0 heterocycles. The SMILES string of the molecule is CCOc1ccc(-c2cc(CNC3CC3)ccc2C)cc1. The van der Waals surface area contributed by atoms with Crippen molar-refractivity contribution >= 4 is 0 Å². The first-order valence-corrected chi connectivity index (χ1v) is 7.82. The highest BCUT2D eigenvalue weighted by Gasteiger charge is 2.19. The van der Waals surface area contributed by atoms with E-state index in [9.17, 15) is 0 Å². The van der Waals surface area contributed by atoms with Gasteiger partial charge in [-0.05, 0) is 67.1 Å². The Kier molecular flexibility index (Phi) is 4.26. The van der Waals surface area contributed by atoms with E-state index in [2.05, 4.69) is 42.6 Å². The molecule has 0 spiro atoms. The minimum absolute atomic E-state index is 0.709. The molecular weight excluding hydrogens is 258 g/mol. The minimum atomic E-state index is 0.709. The van der Waals surface area contributed by atoms with E-state index in [-0.39, 0.29) is 0 Å². The van der Waals surface area contributed by atoms with Gasteiger partial charge in [0.2, 0.25) is 0 Å². The van der Waals surface area contributed by atoms with Crippen LogP contribution in [0.4, 0.5) is 0 Å². The van der Waals surface area contributed by atoms with Gasteiger partial charge in [0.05, 0.1) is 6.61 Å². The summed E-state index contributed by atoms with van der Waals surface area (Å²) in [5.41, 5.74) is 5.24. The predicted molar refractivity (Wildman–Crippen MR) is 87.6 cm³/mol. The predicted octanol–water partition coefficient (Wildman–Crippen LogP) is 4.31. The van der Waals surface area contributed by atoms with Crippen LogP contribution in [0.1, 0.15) is 30.9 Å². The molecule has 21 heavy (non-hydrogen) atoms. The van der Waals surface area contributed by atoms with E-state index in [0.717, 1.165) is 18.3 Å². The lowest BCUT2D eigenvalue weighted by atomic mass is 9.98. The van der Waals surface area contributed by atoms with Crippen LogP contribution in [-0.4, -0.2) is 12.6 Å². The van der Waals surface area contributed by atoms with Crippen LogP contribution in [0.2, 0.25) is 0 Å². The molecule has 1 aliphatic rings. The fourth-order valence-corrected chi connectivity index (χ4v) is 2.54. The number of aryl methyl sites for hydroxylation is 1. The van der Waals surface area contributed by atoms with Crippen molar-refractivity contribution in [3.8, 4) is 16.9 Å². The van der Waals surface area contributed by atoms with Crippen LogP contribution >= 0.6 is 0 Å². The van der Waals surface area contributed by atoms with Crippen molar-refractivity contribution in [2.24, 2.45) is 0 Å². The van der Waals surface area contributed by atoms with Gasteiger partial charge >= 0.3 is 0 Å². The van der Waals surface area contributed by atoms with Crippen molar-refractivity contribution in [2.45, 2.75) is 39.3 Å². The van der Waals surface area contributed by atoms with Crippen molar-refractivity contribution in [2.75, 3.05) is 6.61 Å². The van der Waals surface area contributed by atoms with E-state index in [1.807, 2.05) is 19.1 Å². The number of benzene rings is 2. The summed E-state index contributed by atoms with van der Waals surface area (Å²) in [4.78, 5) is 0. The summed E-state index contributed by atoms with van der Waals surface area (Å²) in [5.74, 6) is 0.936. The van der Waals surface area contributed by atoms with Gasteiger partial charge in [0.15, 0.2) is 0 Å². The molecular formula is C19H23NO. The molecule has 0 aliphatic heterocycles. The van der Waals surface area contributed by atoms with Gasteiger partial charge in [0.25, 0.3) is 0 Å². The van der Waals surface area contributed by atoms with E-state index in [1.54, 1.807) is 0 Å². The average Bonchev–Trinajstić information content (AvgIpc) is 3.32. The van der Waals surface area contributed by atoms with E-state index in [1.165, 1.54) is 35.1 Å². The standard InChI is InChI=1S/C19H23NO/c1-3-21-18-10-6-16(7-11-18)19-12-15(5-4-14(19)2)13-20-17-8-9-17/h4-7,10-12,17,20H,3,8-9,13H2,1-2H3. The molecule has 2 aromatic carbocycles. The zero-order chi connectivity index (χ0) is 14.7. The third-order valence-electron chi connectivity index (χ3n) is 3.95. The second-order valence-electron chi connectivity index (χ2n) is 5.76. The summed E-state index contributed by atoms with van der Waals surface area (Å²) in [6.45, 7) is 5.86. The largest absolute Gasteiger partial charge is 0.494 e. The Morgan fingerprint density at radius 3 is 2.52 bits per heavy atom. The van der Waals surface area contributed by atoms with Crippen LogP contribution < -0.4 is 10.1 Å². The highest BCUT2D eigenvalue weighted by molar-refractivity contribution is 5.68. The smallest absolute Gasteiger partial charge is 0.119 e. The minimum Gasteiger partial charge on any atom is -0.494 e. The maximum atomic E-state index is 5.51. The Morgan fingerprint density at radius 1 is 1.10 bits per heavy atom. The molecule has 0 amide bonds. The molecule has 1 N–H and O–H groups in total. The van der Waals surface area contributed by atoms with Crippen molar-refractivity contribution in [1.29, 1.82) is 0 Å². The highest BCUT2D eigenvalue weighted by atomic mass is 16.5. The van der Waals surface area contributed by atoms with E-state index in [0.29, 0.717) is 6.61 Å². The van der Waals surface area contributed by atoms with Crippen LogP contribution in [0.5, 0.6) is 5.75 Å². The molecule has 110 valence electrons. The third kappa shape index (κ3) is 3.64. The van der Waals surface area contributed by atoms with Gasteiger partial charge in [-0.15, -0.1) is 0 Å². The van der Waals surface area contributed by atoms with Crippen molar-refractivity contribution in [1.82, 2.24) is 5.32 Å². The number of nitrogens with one attached hydrogen (secondary N) is 1. The molecule has 2 aromatic rings. The van der Waals surface area contributed by atoms with Gasteiger partial charge in [-0.3, -0.25) is 0 Å². The second-order valence-corrected chi connectivity index (χ2v) is 5.76. The summed E-state index contributed by atoms with van der Waals surface area (Å²) in [5, 5.41) is 3.58. The molecule has 0 aromatic heterocycles. The molecule has 0 saturated heterocycles. The maximum absolute atomic E-state index is 5.51. The summed E-state index contributed by atoms with van der Waals surface area (Å²) in [6.07, 6.45) is 2.66. The molecule has 1 saturated carbocycles. The zero-order valence-electron chi connectivity index (χ0n) is 12.9. The van der Waals surface area contributed by atoms with E-state index >= 15 is 0 Å². The Hall–Kier alpha value is -1.80. The molecule has 1 aliphatic carbocycles. The Balaban J connectivity index is 1.80. The van der Waals surface area contributed by atoms with Gasteiger partial charge in [0, 0.05) is 12.6 Å². The zero-order valence-corrected chi connectivity index (χ0v) is 12.9. The maximum Gasteiger partial charge on any atom is 0.119 e. The van der Waals surface area contributed by atoms with E-state index < -0.39 is 0 Å². The monoisotopic (exact) mass is 281 g/mol. The third-order valence-corrected chi connectivity index (χ3v) is 3.95. The lowest BCUT2D eigenvalue weighted by molar-refractivity contribution is 0.340. The fourth-order valence-electron chi connectivity index (χ4n) is 2.54. The van der Waals surface area contributed by atoms with Gasteiger partial charge in [-0.25, -0.2) is 0 Å². The molecule has 0 atom stereocenters. The summed E-state index contributed by atoms with van der Waals surface area (Å²) >= 11 is 0. The number of hydrogen-bond acceptors (Lipinski definition) is 2. The number of rotatable bonds is 6. The van der Waals surface area contributed by atoms with Gasteiger partial charge in [-0.1, -0.05) is 24.3 Å². The first-order valence-electron chi connectivity index (χ1n) is 7.82.